The number of nitrogens with one attached hydrogen (secondary N) is 1. The van der Waals surface area contributed by atoms with Crippen LogP contribution in [0.1, 0.15) is 48.5 Å². The molecule has 8 nitrogen and oxygen atoms in total. The molecule has 1 unspecified atom stereocenters. The Hall–Kier alpha value is -3.88. The summed E-state index contributed by atoms with van der Waals surface area (Å²) in [7, 11) is 1.37. The number of carbonyl (C=O) groups is 2. The lowest BCUT2D eigenvalue weighted by molar-refractivity contribution is -0.121. The van der Waals surface area contributed by atoms with Crippen molar-refractivity contribution in [2.24, 2.45) is 5.92 Å². The van der Waals surface area contributed by atoms with Crippen molar-refractivity contribution < 1.29 is 19.1 Å². The van der Waals surface area contributed by atoms with Crippen molar-refractivity contribution in [3.8, 4) is 11.4 Å². The van der Waals surface area contributed by atoms with Crippen LogP contribution in [0.2, 0.25) is 0 Å². The van der Waals surface area contributed by atoms with E-state index in [0.717, 1.165) is 85.8 Å². The van der Waals surface area contributed by atoms with Crippen LogP contribution in [0, 0.1) is 5.92 Å². The minimum Gasteiger partial charge on any atom is -0.465 e. The topological polar surface area (TPSA) is 85.7 Å². The second kappa shape index (κ2) is 13.4. The van der Waals surface area contributed by atoms with E-state index in [1.54, 1.807) is 12.1 Å². The SMILES string of the molecule is COC(=O)c1ccc(-c2nc3ccccc3n2C(C(=O)Nc2ccc(N3CCOCC3)cc2)C2CCCCC2)cc1.Cl. The summed E-state index contributed by atoms with van der Waals surface area (Å²) in [6, 6.07) is 22.9. The minimum absolute atomic E-state index is 0. The molecule has 0 spiro atoms. The van der Waals surface area contributed by atoms with Crippen LogP contribution in [-0.4, -0.2) is 54.8 Å². The maximum atomic E-state index is 14.3. The number of benzene rings is 3. The molecule has 1 saturated heterocycles. The first-order valence-electron chi connectivity index (χ1n) is 14.5. The molecular formula is C33H37ClN4O4. The average molecular weight is 589 g/mol. The van der Waals surface area contributed by atoms with Crippen molar-refractivity contribution in [3.63, 3.8) is 0 Å². The molecule has 3 aromatic carbocycles. The molecule has 1 saturated carbocycles. The number of imidazole rings is 1. The summed E-state index contributed by atoms with van der Waals surface area (Å²) in [5.41, 5.74) is 4.99. The van der Waals surface area contributed by atoms with Crippen molar-refractivity contribution in [2.75, 3.05) is 43.6 Å². The Kier molecular flexibility index (Phi) is 9.45. The molecule has 6 rings (SSSR count). The number of aromatic nitrogens is 2. The van der Waals surface area contributed by atoms with Crippen LogP contribution in [0.25, 0.3) is 22.4 Å². The third kappa shape index (κ3) is 6.15. The Morgan fingerprint density at radius 1 is 0.929 bits per heavy atom. The lowest BCUT2D eigenvalue weighted by Crippen LogP contribution is -2.36. The van der Waals surface area contributed by atoms with Gasteiger partial charge in [-0.05, 0) is 67.3 Å². The Morgan fingerprint density at radius 2 is 1.62 bits per heavy atom. The van der Waals surface area contributed by atoms with Crippen LogP contribution in [0.5, 0.6) is 0 Å². The van der Waals surface area contributed by atoms with E-state index in [1.165, 1.54) is 13.5 Å². The first-order chi connectivity index (χ1) is 20.1. The molecule has 1 amide bonds. The second-order valence-electron chi connectivity index (χ2n) is 10.8. The Labute approximate surface area is 252 Å². The molecule has 0 radical (unpaired) electrons. The van der Waals surface area contributed by atoms with Gasteiger partial charge < -0.3 is 24.3 Å². The molecule has 220 valence electrons. The zero-order chi connectivity index (χ0) is 28.2. The summed E-state index contributed by atoms with van der Waals surface area (Å²) < 4.78 is 12.5. The van der Waals surface area contributed by atoms with Gasteiger partial charge in [-0.3, -0.25) is 4.79 Å². The Balaban J connectivity index is 0.00000353. The van der Waals surface area contributed by atoms with Gasteiger partial charge in [-0.25, -0.2) is 9.78 Å². The largest absolute Gasteiger partial charge is 0.465 e. The van der Waals surface area contributed by atoms with E-state index in [2.05, 4.69) is 26.9 Å². The molecule has 1 atom stereocenters. The summed E-state index contributed by atoms with van der Waals surface area (Å²) in [5.74, 6) is 0.480. The Bertz CT molecular complexity index is 1510. The lowest BCUT2D eigenvalue weighted by Gasteiger charge is -2.32. The number of hydrogen-bond donors (Lipinski definition) is 1. The van der Waals surface area contributed by atoms with Crippen LogP contribution < -0.4 is 10.2 Å². The van der Waals surface area contributed by atoms with Crippen molar-refractivity contribution in [3.05, 3.63) is 78.4 Å². The first kappa shape index (κ1) is 29.6. The normalized spacial score (nSPS) is 16.5. The number of fused-ring (bicyclic) bond motifs is 1. The average Bonchev–Trinajstić information content (AvgIpc) is 3.41. The highest BCUT2D eigenvalue weighted by Gasteiger charge is 2.34. The summed E-state index contributed by atoms with van der Waals surface area (Å²) in [5, 5.41) is 3.24. The van der Waals surface area contributed by atoms with E-state index in [-0.39, 0.29) is 30.2 Å². The van der Waals surface area contributed by atoms with Crippen molar-refractivity contribution >= 4 is 46.7 Å². The van der Waals surface area contributed by atoms with Crippen LogP contribution in [0.3, 0.4) is 0 Å². The quantitative estimate of drug-likeness (QED) is 0.248. The van der Waals surface area contributed by atoms with E-state index >= 15 is 0 Å². The summed E-state index contributed by atoms with van der Waals surface area (Å²) in [4.78, 5) is 33.6. The predicted molar refractivity (Wildman–Crippen MR) is 167 cm³/mol. The molecular weight excluding hydrogens is 552 g/mol. The van der Waals surface area contributed by atoms with Gasteiger partial charge in [-0.2, -0.15) is 0 Å². The highest BCUT2D eigenvalue weighted by atomic mass is 35.5. The van der Waals surface area contributed by atoms with E-state index in [0.29, 0.717) is 5.56 Å². The smallest absolute Gasteiger partial charge is 0.337 e. The van der Waals surface area contributed by atoms with Crippen molar-refractivity contribution in [2.45, 2.75) is 38.1 Å². The number of rotatable bonds is 7. The molecule has 0 bridgehead atoms. The lowest BCUT2D eigenvalue weighted by atomic mass is 9.83. The number of ether oxygens (including phenoxy) is 2. The molecule has 2 fully saturated rings. The third-order valence-electron chi connectivity index (χ3n) is 8.31. The van der Waals surface area contributed by atoms with Crippen molar-refractivity contribution in [1.82, 2.24) is 9.55 Å². The minimum atomic E-state index is -0.433. The maximum absolute atomic E-state index is 14.3. The number of carbonyl (C=O) groups excluding carboxylic acids is 2. The van der Waals surface area contributed by atoms with E-state index in [9.17, 15) is 9.59 Å². The fraction of sp³-hybridized carbons (Fsp3) is 0.364. The van der Waals surface area contributed by atoms with Gasteiger partial charge in [-0.15, -0.1) is 12.4 Å². The summed E-state index contributed by atoms with van der Waals surface area (Å²) in [6.07, 6.45) is 5.39. The van der Waals surface area contributed by atoms with Gasteiger partial charge in [0.1, 0.15) is 11.9 Å². The number of amides is 1. The predicted octanol–water partition coefficient (Wildman–Crippen LogP) is 6.51. The number of halogens is 1. The second-order valence-corrected chi connectivity index (χ2v) is 10.8. The zero-order valence-corrected chi connectivity index (χ0v) is 24.6. The standard InChI is InChI=1S/C33H36N4O4.ClH/c1-40-33(39)25-13-11-24(12-14-25)31-35-28-9-5-6-10-29(28)37(31)30(23-7-3-2-4-8-23)32(38)34-26-15-17-27(18-16-26)36-19-21-41-22-20-36;/h5-6,9-18,23,30H,2-4,7-8,19-22H2,1H3,(H,34,38);1H. The molecule has 1 aromatic heterocycles. The van der Waals surface area contributed by atoms with Gasteiger partial charge in [0.25, 0.3) is 0 Å². The molecule has 1 N–H and O–H groups in total. The van der Waals surface area contributed by atoms with Gasteiger partial charge in [0.2, 0.25) is 5.91 Å². The number of anilines is 2. The zero-order valence-electron chi connectivity index (χ0n) is 23.8. The molecule has 1 aliphatic heterocycles. The molecule has 2 heterocycles. The summed E-state index contributed by atoms with van der Waals surface area (Å²) in [6.45, 7) is 3.20. The van der Waals surface area contributed by atoms with Crippen molar-refractivity contribution in [1.29, 1.82) is 0 Å². The van der Waals surface area contributed by atoms with Gasteiger partial charge in [0.15, 0.2) is 0 Å². The highest BCUT2D eigenvalue weighted by molar-refractivity contribution is 5.96. The van der Waals surface area contributed by atoms with Gasteiger partial charge in [0, 0.05) is 30.0 Å². The van der Waals surface area contributed by atoms with E-state index in [1.807, 2.05) is 48.5 Å². The van der Waals surface area contributed by atoms with Crippen LogP contribution in [0.15, 0.2) is 72.8 Å². The van der Waals surface area contributed by atoms with Crippen LogP contribution in [-0.2, 0) is 14.3 Å². The highest BCUT2D eigenvalue weighted by Crippen LogP contribution is 2.39. The number of nitrogens with zero attached hydrogens (tertiary/aromatic N) is 3. The maximum Gasteiger partial charge on any atom is 0.337 e. The number of hydrogen-bond acceptors (Lipinski definition) is 6. The number of para-hydroxylation sites is 2. The molecule has 1 aliphatic carbocycles. The molecule has 2 aliphatic rings. The van der Waals surface area contributed by atoms with Crippen LogP contribution >= 0.6 is 12.4 Å². The van der Waals surface area contributed by atoms with Gasteiger partial charge in [-0.1, -0.05) is 43.5 Å². The Morgan fingerprint density at radius 3 is 2.31 bits per heavy atom. The number of methoxy groups -OCH3 is 1. The monoisotopic (exact) mass is 588 g/mol. The number of esters is 1. The van der Waals surface area contributed by atoms with E-state index in [4.69, 9.17) is 14.5 Å². The fourth-order valence-electron chi connectivity index (χ4n) is 6.19. The third-order valence-corrected chi connectivity index (χ3v) is 8.31. The first-order valence-corrected chi connectivity index (χ1v) is 14.5. The summed E-state index contributed by atoms with van der Waals surface area (Å²) >= 11 is 0. The number of morpholine rings is 1. The fourth-order valence-corrected chi connectivity index (χ4v) is 6.19. The van der Waals surface area contributed by atoms with E-state index < -0.39 is 6.04 Å². The van der Waals surface area contributed by atoms with Gasteiger partial charge >= 0.3 is 5.97 Å². The molecule has 9 heteroatoms. The van der Waals surface area contributed by atoms with Crippen LogP contribution in [0.4, 0.5) is 11.4 Å². The molecule has 42 heavy (non-hydrogen) atoms. The van der Waals surface area contributed by atoms with Gasteiger partial charge in [0.05, 0.1) is 36.9 Å². The molecule has 4 aromatic rings.